The molecule has 1 saturated carbocycles. The van der Waals surface area contributed by atoms with Crippen molar-refractivity contribution in [2.75, 3.05) is 6.61 Å². The first kappa shape index (κ1) is 12.0. The second-order valence-corrected chi connectivity index (χ2v) is 6.12. The maximum Gasteiger partial charge on any atom is 0.408 e. The maximum atomic E-state index is 11.4. The molecule has 1 amide bonds. The Bertz CT molecular complexity index is 235. The van der Waals surface area contributed by atoms with Gasteiger partial charge in [-0.15, -0.1) is 0 Å². The van der Waals surface area contributed by atoms with Crippen molar-refractivity contribution in [3.63, 3.8) is 0 Å². The average molecular weight is 313 g/mol. The van der Waals surface area contributed by atoms with E-state index >= 15 is 0 Å². The van der Waals surface area contributed by atoms with Gasteiger partial charge in [-0.25, -0.2) is 4.79 Å². The van der Waals surface area contributed by atoms with Crippen LogP contribution in [-0.2, 0) is 4.74 Å². The quantitative estimate of drug-likeness (QED) is 0.599. The lowest BCUT2D eigenvalue weighted by Crippen LogP contribution is -2.44. The number of aliphatic hydroxyl groups is 1. The molecular weight excluding hydrogens is 297 g/mol. The van der Waals surface area contributed by atoms with Crippen molar-refractivity contribution in [3.05, 3.63) is 0 Å². The molecule has 2 atom stereocenters. The molecule has 1 aliphatic rings. The summed E-state index contributed by atoms with van der Waals surface area (Å²) in [5.41, 5.74) is -0.931. The van der Waals surface area contributed by atoms with E-state index in [-0.39, 0.29) is 6.61 Å². The number of amides is 1. The molecule has 0 saturated heterocycles. The molecule has 0 aliphatic heterocycles. The average Bonchev–Trinajstić information content (AvgIpc) is 2.58. The van der Waals surface area contributed by atoms with Gasteiger partial charge in [-0.1, -0.05) is 22.6 Å². The largest absolute Gasteiger partial charge is 0.444 e. The lowest BCUT2D eigenvalue weighted by atomic mass is 10.2. The van der Waals surface area contributed by atoms with Crippen LogP contribution in [-0.4, -0.2) is 32.9 Å². The van der Waals surface area contributed by atoms with Crippen molar-refractivity contribution >= 4 is 28.7 Å². The van der Waals surface area contributed by atoms with Crippen molar-refractivity contribution in [2.45, 2.75) is 42.3 Å². The van der Waals surface area contributed by atoms with Gasteiger partial charge >= 0.3 is 6.09 Å². The molecule has 1 aliphatic carbocycles. The van der Waals surface area contributed by atoms with Crippen LogP contribution in [0.4, 0.5) is 4.79 Å². The van der Waals surface area contributed by atoms with E-state index in [0.717, 1.165) is 6.42 Å². The Balaban J connectivity index is 2.42. The molecule has 0 radical (unpaired) electrons. The third-order valence-electron chi connectivity index (χ3n) is 2.01. The summed E-state index contributed by atoms with van der Waals surface area (Å²) in [7, 11) is 0. The number of halogens is 1. The molecule has 5 heteroatoms. The number of aliphatic hydroxyl groups excluding tert-OH is 1. The van der Waals surface area contributed by atoms with Gasteiger partial charge in [0.15, 0.2) is 0 Å². The molecule has 1 rings (SSSR count). The number of alkyl carbamates (subject to hydrolysis) is 1. The van der Waals surface area contributed by atoms with Crippen molar-refractivity contribution < 1.29 is 14.6 Å². The Morgan fingerprint density at radius 2 is 2.21 bits per heavy atom. The number of hydrogen-bond acceptors (Lipinski definition) is 3. The monoisotopic (exact) mass is 313 g/mol. The fourth-order valence-corrected chi connectivity index (χ4v) is 2.24. The van der Waals surface area contributed by atoms with Crippen LogP contribution in [0.3, 0.4) is 0 Å². The smallest absolute Gasteiger partial charge is 0.408 e. The van der Waals surface area contributed by atoms with Crippen LogP contribution in [0, 0.1) is 0 Å². The second kappa shape index (κ2) is 3.84. The van der Waals surface area contributed by atoms with E-state index < -0.39 is 17.2 Å². The van der Waals surface area contributed by atoms with E-state index in [2.05, 4.69) is 27.9 Å². The van der Waals surface area contributed by atoms with Crippen molar-refractivity contribution in [2.24, 2.45) is 0 Å². The van der Waals surface area contributed by atoms with Gasteiger partial charge in [-0.2, -0.15) is 0 Å². The number of hydrogen-bond donors (Lipinski definition) is 2. The number of rotatable bonds is 2. The molecule has 0 spiro atoms. The van der Waals surface area contributed by atoms with Gasteiger partial charge in [0, 0.05) is 3.92 Å². The van der Waals surface area contributed by atoms with Crippen LogP contribution in [0.2, 0.25) is 0 Å². The highest BCUT2D eigenvalue weighted by Gasteiger charge is 2.54. The highest BCUT2D eigenvalue weighted by Crippen LogP contribution is 2.42. The molecule has 14 heavy (non-hydrogen) atoms. The molecule has 1 fully saturated rings. The summed E-state index contributed by atoms with van der Waals surface area (Å²) in [6, 6.07) is 0. The zero-order chi connectivity index (χ0) is 11.0. The predicted molar refractivity (Wildman–Crippen MR) is 61.6 cm³/mol. The first-order valence-electron chi connectivity index (χ1n) is 4.55. The molecule has 0 aromatic heterocycles. The third kappa shape index (κ3) is 2.98. The number of nitrogens with one attached hydrogen (secondary N) is 1. The molecule has 2 N–H and O–H groups in total. The summed E-state index contributed by atoms with van der Waals surface area (Å²) in [6.07, 6.45) is 0.356. The Hall–Kier alpha value is -0.0400. The van der Waals surface area contributed by atoms with E-state index in [1.54, 1.807) is 0 Å². The summed E-state index contributed by atoms with van der Waals surface area (Å²) < 4.78 is 5.40. The van der Waals surface area contributed by atoms with Crippen molar-refractivity contribution in [1.82, 2.24) is 5.32 Å². The Labute approximate surface area is 97.5 Å². The van der Waals surface area contributed by atoms with Crippen molar-refractivity contribution in [3.8, 4) is 0 Å². The van der Waals surface area contributed by atoms with E-state index in [4.69, 9.17) is 9.84 Å². The maximum absolute atomic E-state index is 11.4. The number of carbonyl (C=O) groups is 1. The summed E-state index contributed by atoms with van der Waals surface area (Å²) in [5.74, 6) is 0. The van der Waals surface area contributed by atoms with E-state index in [1.165, 1.54) is 0 Å². The fraction of sp³-hybridized carbons (Fsp3) is 0.889. The Morgan fingerprint density at radius 1 is 1.71 bits per heavy atom. The predicted octanol–water partition coefficient (Wildman–Crippen LogP) is 1.45. The van der Waals surface area contributed by atoms with Crippen LogP contribution < -0.4 is 5.32 Å². The Kier molecular flexibility index (Phi) is 3.30. The summed E-state index contributed by atoms with van der Waals surface area (Å²) >= 11 is 2.21. The lowest BCUT2D eigenvalue weighted by Gasteiger charge is -2.22. The zero-order valence-corrected chi connectivity index (χ0v) is 10.8. The topological polar surface area (TPSA) is 58.6 Å². The minimum absolute atomic E-state index is 0.0279. The van der Waals surface area contributed by atoms with E-state index in [1.807, 2.05) is 20.8 Å². The minimum Gasteiger partial charge on any atom is -0.444 e. The van der Waals surface area contributed by atoms with E-state index in [0.29, 0.717) is 3.92 Å². The van der Waals surface area contributed by atoms with Gasteiger partial charge < -0.3 is 15.2 Å². The number of ether oxygens (including phenoxy) is 1. The van der Waals surface area contributed by atoms with Crippen LogP contribution in [0.15, 0.2) is 0 Å². The van der Waals surface area contributed by atoms with Crippen LogP contribution >= 0.6 is 22.6 Å². The highest BCUT2D eigenvalue weighted by atomic mass is 127. The lowest BCUT2D eigenvalue weighted by molar-refractivity contribution is 0.0472. The first-order valence-corrected chi connectivity index (χ1v) is 5.80. The Morgan fingerprint density at radius 3 is 2.50 bits per heavy atom. The molecule has 4 nitrogen and oxygen atoms in total. The number of carbonyl (C=O) groups excluding carboxylic acids is 1. The summed E-state index contributed by atoms with van der Waals surface area (Å²) in [6.45, 7) is 5.41. The zero-order valence-electron chi connectivity index (χ0n) is 8.63. The number of alkyl halides is 1. The first-order chi connectivity index (χ1) is 6.29. The van der Waals surface area contributed by atoms with Crippen LogP contribution in [0.25, 0.3) is 0 Å². The van der Waals surface area contributed by atoms with Crippen LogP contribution in [0.1, 0.15) is 27.2 Å². The molecule has 0 aromatic rings. The molecule has 0 aromatic carbocycles. The van der Waals surface area contributed by atoms with Gasteiger partial charge in [0.05, 0.1) is 12.1 Å². The fourth-order valence-electron chi connectivity index (χ4n) is 1.10. The van der Waals surface area contributed by atoms with Gasteiger partial charge in [0.2, 0.25) is 0 Å². The van der Waals surface area contributed by atoms with E-state index in [9.17, 15) is 4.79 Å². The molecule has 0 heterocycles. The highest BCUT2D eigenvalue weighted by molar-refractivity contribution is 14.1. The van der Waals surface area contributed by atoms with Crippen LogP contribution in [0.5, 0.6) is 0 Å². The minimum atomic E-state index is -0.490. The standard InChI is InChI=1S/C9H16INO3/c1-8(2,3)14-7(13)11-9(5-12)4-6(9)10/h6,12H,4-5H2,1-3H3,(H,11,13)/t6-,9+/m1/s1. The van der Waals surface area contributed by atoms with Crippen molar-refractivity contribution in [1.29, 1.82) is 0 Å². The SMILES string of the molecule is CC(C)(C)OC(=O)N[C@]1(CO)C[C@H]1I. The summed E-state index contributed by atoms with van der Waals surface area (Å²) in [4.78, 5) is 11.4. The van der Waals surface area contributed by atoms with Gasteiger partial charge in [-0.05, 0) is 27.2 Å². The molecule has 82 valence electrons. The normalized spacial score (nSPS) is 31.1. The molecule has 0 unspecified atom stereocenters. The van der Waals surface area contributed by atoms with Gasteiger partial charge in [0.25, 0.3) is 0 Å². The van der Waals surface area contributed by atoms with Gasteiger partial charge in [0.1, 0.15) is 5.60 Å². The second-order valence-electron chi connectivity index (χ2n) is 4.61. The third-order valence-corrected chi connectivity index (χ3v) is 3.65. The molecular formula is C9H16INO3. The molecule has 0 bridgehead atoms. The summed E-state index contributed by atoms with van der Waals surface area (Å²) in [5, 5.41) is 11.8. The van der Waals surface area contributed by atoms with Gasteiger partial charge in [-0.3, -0.25) is 0 Å².